The monoisotopic (exact) mass is 480 g/mol. The van der Waals surface area contributed by atoms with Crippen LogP contribution in [0.1, 0.15) is 24.3 Å². The first-order valence-electron chi connectivity index (χ1n) is 11.8. The zero-order valence-electron chi connectivity index (χ0n) is 18.9. The molecule has 3 aromatic rings. The van der Waals surface area contributed by atoms with Crippen molar-refractivity contribution in [1.29, 1.82) is 0 Å². The third kappa shape index (κ3) is 4.18. The second-order valence-corrected chi connectivity index (χ2v) is 11.0. The van der Waals surface area contributed by atoms with Gasteiger partial charge in [0, 0.05) is 36.7 Å². The minimum absolute atomic E-state index is 0.00578. The fourth-order valence-electron chi connectivity index (χ4n) is 5.45. The number of sulfonamides is 1. The van der Waals surface area contributed by atoms with Gasteiger partial charge in [0.1, 0.15) is 5.82 Å². The summed E-state index contributed by atoms with van der Waals surface area (Å²) in [5.74, 6) is -0.258. The van der Waals surface area contributed by atoms with Gasteiger partial charge >= 0.3 is 0 Å². The number of fused-ring (bicyclic) bond motifs is 1. The van der Waals surface area contributed by atoms with Gasteiger partial charge in [-0.15, -0.1) is 0 Å². The molecule has 5 rings (SSSR count). The van der Waals surface area contributed by atoms with E-state index in [-0.39, 0.29) is 30.4 Å². The number of benzene rings is 3. The molecule has 3 aromatic carbocycles. The molecular formula is C27H29FN2O3S. The molecule has 7 heteroatoms. The Kier molecular flexibility index (Phi) is 6.53. The predicted octanol–water partition coefficient (Wildman–Crippen LogP) is 4.11. The molecule has 2 heterocycles. The van der Waals surface area contributed by atoms with Gasteiger partial charge in [-0.3, -0.25) is 4.90 Å². The normalized spacial score (nSPS) is 24.0. The van der Waals surface area contributed by atoms with Gasteiger partial charge in [0.15, 0.2) is 0 Å². The minimum Gasteiger partial charge on any atom is -0.395 e. The minimum atomic E-state index is -3.60. The van der Waals surface area contributed by atoms with E-state index in [9.17, 15) is 17.9 Å². The van der Waals surface area contributed by atoms with Crippen LogP contribution in [0.4, 0.5) is 4.39 Å². The smallest absolute Gasteiger partial charge is 0.243 e. The molecule has 178 valence electrons. The molecule has 0 unspecified atom stereocenters. The van der Waals surface area contributed by atoms with Crippen LogP contribution < -0.4 is 0 Å². The highest BCUT2D eigenvalue weighted by Gasteiger charge is 2.50. The molecule has 2 saturated heterocycles. The molecule has 5 nitrogen and oxygen atoms in total. The first-order valence-corrected chi connectivity index (χ1v) is 13.2. The third-order valence-corrected chi connectivity index (χ3v) is 9.07. The van der Waals surface area contributed by atoms with E-state index in [4.69, 9.17) is 0 Å². The number of hydrogen-bond donors (Lipinski definition) is 1. The summed E-state index contributed by atoms with van der Waals surface area (Å²) in [6.07, 6.45) is 1.67. The number of nitrogens with zero attached hydrogens (tertiary/aromatic N) is 2. The van der Waals surface area contributed by atoms with Crippen LogP contribution in [0.15, 0.2) is 83.8 Å². The maximum Gasteiger partial charge on any atom is 0.243 e. The van der Waals surface area contributed by atoms with Gasteiger partial charge in [0.25, 0.3) is 0 Å². The Balaban J connectivity index is 1.43. The average Bonchev–Trinajstić information content (AvgIpc) is 2.84. The first-order chi connectivity index (χ1) is 16.5. The maximum absolute atomic E-state index is 14.2. The van der Waals surface area contributed by atoms with Crippen molar-refractivity contribution in [2.75, 3.05) is 26.2 Å². The van der Waals surface area contributed by atoms with Gasteiger partial charge in [0.2, 0.25) is 10.0 Å². The topological polar surface area (TPSA) is 60.9 Å². The fraction of sp³-hybridized carbons (Fsp3) is 0.333. The molecule has 0 aromatic heterocycles. The number of rotatable bonds is 5. The Morgan fingerprint density at radius 3 is 2.26 bits per heavy atom. The van der Waals surface area contributed by atoms with Gasteiger partial charge < -0.3 is 5.11 Å². The van der Waals surface area contributed by atoms with Gasteiger partial charge in [-0.25, -0.2) is 12.8 Å². The summed E-state index contributed by atoms with van der Waals surface area (Å²) in [5, 5.41) is 10.2. The first kappa shape index (κ1) is 23.2. The summed E-state index contributed by atoms with van der Waals surface area (Å²) < 4.78 is 42.6. The SMILES string of the molecule is O=S(=O)(c1ccccc1)N1CCCCN2[C@@H](CO)[C@H](c3ccc(-c4ccccc4F)cc3)[C@@H]2C1. The van der Waals surface area contributed by atoms with Crippen LogP contribution in [0, 0.1) is 5.82 Å². The zero-order valence-corrected chi connectivity index (χ0v) is 19.7. The van der Waals surface area contributed by atoms with E-state index in [0.29, 0.717) is 23.5 Å². The molecular weight excluding hydrogens is 451 g/mol. The van der Waals surface area contributed by atoms with Crippen molar-refractivity contribution in [3.05, 3.63) is 90.2 Å². The fourth-order valence-corrected chi connectivity index (χ4v) is 6.97. The summed E-state index contributed by atoms with van der Waals surface area (Å²) in [4.78, 5) is 2.56. The molecule has 0 saturated carbocycles. The predicted molar refractivity (Wildman–Crippen MR) is 130 cm³/mol. The van der Waals surface area contributed by atoms with Gasteiger partial charge in [0.05, 0.1) is 11.5 Å². The zero-order chi connectivity index (χ0) is 23.7. The highest BCUT2D eigenvalue weighted by atomic mass is 32.2. The molecule has 0 radical (unpaired) electrons. The summed E-state index contributed by atoms with van der Waals surface area (Å²) in [6, 6.07) is 23.0. The Morgan fingerprint density at radius 1 is 0.882 bits per heavy atom. The van der Waals surface area contributed by atoms with E-state index in [1.54, 1.807) is 40.7 Å². The van der Waals surface area contributed by atoms with Crippen LogP contribution in [0.3, 0.4) is 0 Å². The van der Waals surface area contributed by atoms with Gasteiger partial charge in [-0.05, 0) is 48.7 Å². The Labute approximate surface area is 200 Å². The number of halogens is 1. The lowest BCUT2D eigenvalue weighted by atomic mass is 9.74. The molecule has 2 aliphatic heterocycles. The second kappa shape index (κ2) is 9.58. The third-order valence-electron chi connectivity index (χ3n) is 7.19. The van der Waals surface area contributed by atoms with E-state index >= 15 is 0 Å². The Hall–Kier alpha value is -2.58. The Bertz CT molecular complexity index is 1230. The number of aliphatic hydroxyl groups is 1. The van der Waals surface area contributed by atoms with Crippen molar-refractivity contribution >= 4 is 10.0 Å². The molecule has 0 amide bonds. The van der Waals surface area contributed by atoms with Crippen molar-refractivity contribution in [3.63, 3.8) is 0 Å². The summed E-state index contributed by atoms with van der Waals surface area (Å²) in [5.41, 5.74) is 2.39. The average molecular weight is 481 g/mol. The summed E-state index contributed by atoms with van der Waals surface area (Å²) in [6.45, 7) is 1.73. The van der Waals surface area contributed by atoms with E-state index in [1.807, 2.05) is 36.4 Å². The maximum atomic E-state index is 14.2. The summed E-state index contributed by atoms with van der Waals surface area (Å²) >= 11 is 0. The van der Waals surface area contributed by atoms with Gasteiger partial charge in [-0.1, -0.05) is 60.7 Å². The van der Waals surface area contributed by atoms with Crippen molar-refractivity contribution in [3.8, 4) is 11.1 Å². The molecule has 34 heavy (non-hydrogen) atoms. The van der Waals surface area contributed by atoms with Crippen LogP contribution in [-0.2, 0) is 10.0 Å². The molecule has 2 fully saturated rings. The highest BCUT2D eigenvalue weighted by molar-refractivity contribution is 7.89. The molecule has 1 N–H and O–H groups in total. The standard InChI is InChI=1S/C27H29FN2O3S/c28-24-11-5-4-10-23(24)20-12-14-21(15-13-20)27-25-18-29(16-6-7-17-30(25)26(27)19-31)34(32,33)22-8-2-1-3-9-22/h1-5,8-15,25-27,31H,6-7,16-19H2/t25-,26-,27+/m0/s1. The summed E-state index contributed by atoms with van der Waals surface area (Å²) in [7, 11) is -3.60. The van der Waals surface area contributed by atoms with Crippen molar-refractivity contribution in [2.45, 2.75) is 35.7 Å². The van der Waals surface area contributed by atoms with Crippen LogP contribution in [0.25, 0.3) is 11.1 Å². The lowest BCUT2D eigenvalue weighted by Crippen LogP contribution is -2.67. The van der Waals surface area contributed by atoms with Gasteiger partial charge in [-0.2, -0.15) is 4.31 Å². The van der Waals surface area contributed by atoms with Crippen LogP contribution in [0.2, 0.25) is 0 Å². The van der Waals surface area contributed by atoms with Crippen molar-refractivity contribution in [1.82, 2.24) is 9.21 Å². The van der Waals surface area contributed by atoms with Crippen LogP contribution in [0.5, 0.6) is 0 Å². The second-order valence-electron chi connectivity index (χ2n) is 9.07. The molecule has 0 spiro atoms. The number of hydrogen-bond acceptors (Lipinski definition) is 4. The van der Waals surface area contributed by atoms with E-state index < -0.39 is 10.0 Å². The van der Waals surface area contributed by atoms with Crippen molar-refractivity contribution in [2.24, 2.45) is 0 Å². The van der Waals surface area contributed by atoms with E-state index in [0.717, 1.165) is 30.5 Å². The van der Waals surface area contributed by atoms with E-state index in [1.165, 1.54) is 6.07 Å². The molecule has 0 bridgehead atoms. The lowest BCUT2D eigenvalue weighted by Gasteiger charge is -2.57. The quantitative estimate of drug-likeness (QED) is 0.597. The number of aliphatic hydroxyl groups excluding tert-OH is 1. The lowest BCUT2D eigenvalue weighted by molar-refractivity contribution is -0.0553. The Morgan fingerprint density at radius 2 is 1.56 bits per heavy atom. The highest BCUT2D eigenvalue weighted by Crippen LogP contribution is 2.43. The molecule has 3 atom stereocenters. The molecule has 0 aliphatic carbocycles. The van der Waals surface area contributed by atoms with Crippen molar-refractivity contribution < 1.29 is 17.9 Å². The van der Waals surface area contributed by atoms with Crippen LogP contribution >= 0.6 is 0 Å². The largest absolute Gasteiger partial charge is 0.395 e. The molecule has 2 aliphatic rings. The van der Waals surface area contributed by atoms with E-state index in [2.05, 4.69) is 4.90 Å². The van der Waals surface area contributed by atoms with Crippen LogP contribution in [-0.4, -0.2) is 61.1 Å².